The molecule has 1 aliphatic rings. The number of rotatable bonds is 5. The summed E-state index contributed by atoms with van der Waals surface area (Å²) < 4.78 is 2.15. The number of fused-ring (bicyclic) bond motifs is 1. The Morgan fingerprint density at radius 3 is 2.81 bits per heavy atom. The van der Waals surface area contributed by atoms with Crippen LogP contribution in [0.3, 0.4) is 0 Å². The molecular weight excluding hydrogens is 258 g/mol. The first kappa shape index (κ1) is 14.3. The summed E-state index contributed by atoms with van der Waals surface area (Å²) in [6.07, 6.45) is 4.29. The molecule has 3 heteroatoms. The van der Waals surface area contributed by atoms with Crippen molar-refractivity contribution < 1.29 is 0 Å². The average molecular weight is 283 g/mol. The van der Waals surface area contributed by atoms with Gasteiger partial charge in [-0.3, -0.25) is 4.68 Å². The van der Waals surface area contributed by atoms with Crippen molar-refractivity contribution >= 4 is 0 Å². The summed E-state index contributed by atoms with van der Waals surface area (Å²) in [6, 6.07) is 11.1. The van der Waals surface area contributed by atoms with E-state index >= 15 is 0 Å². The third-order valence-corrected chi connectivity index (χ3v) is 4.95. The molecule has 0 saturated carbocycles. The second-order valence-corrected chi connectivity index (χ2v) is 6.11. The normalized spacial score (nSPS) is 20.7. The predicted octanol–water partition coefficient (Wildman–Crippen LogP) is 2.85. The third kappa shape index (κ3) is 2.40. The topological polar surface area (TPSA) is 43.8 Å². The van der Waals surface area contributed by atoms with Gasteiger partial charge in [-0.05, 0) is 43.4 Å². The fourth-order valence-corrected chi connectivity index (χ4v) is 3.68. The first-order chi connectivity index (χ1) is 10.2. The smallest absolute Gasteiger partial charge is 0.0624 e. The van der Waals surface area contributed by atoms with E-state index in [4.69, 9.17) is 5.73 Å². The largest absolute Gasteiger partial charge is 0.330 e. The van der Waals surface area contributed by atoms with E-state index < -0.39 is 0 Å². The van der Waals surface area contributed by atoms with E-state index in [0.717, 1.165) is 32.2 Å². The van der Waals surface area contributed by atoms with E-state index in [1.165, 1.54) is 22.5 Å². The number of aryl methyl sites for hydroxylation is 3. The van der Waals surface area contributed by atoms with Gasteiger partial charge in [-0.15, -0.1) is 0 Å². The van der Waals surface area contributed by atoms with Crippen LogP contribution in [-0.4, -0.2) is 16.3 Å². The summed E-state index contributed by atoms with van der Waals surface area (Å²) in [4.78, 5) is 0. The maximum Gasteiger partial charge on any atom is 0.0624 e. The molecule has 0 amide bonds. The van der Waals surface area contributed by atoms with Gasteiger partial charge >= 0.3 is 0 Å². The van der Waals surface area contributed by atoms with Gasteiger partial charge in [0.1, 0.15) is 0 Å². The lowest BCUT2D eigenvalue weighted by Gasteiger charge is -2.29. The minimum atomic E-state index is 0.0918. The molecule has 2 aromatic rings. The number of hydrogen-bond donors (Lipinski definition) is 1. The van der Waals surface area contributed by atoms with Gasteiger partial charge in [0.2, 0.25) is 0 Å². The van der Waals surface area contributed by atoms with Crippen molar-refractivity contribution in [3.05, 3.63) is 52.8 Å². The Morgan fingerprint density at radius 1 is 1.29 bits per heavy atom. The molecule has 0 bridgehead atoms. The van der Waals surface area contributed by atoms with Crippen molar-refractivity contribution in [2.75, 3.05) is 6.54 Å². The zero-order valence-electron chi connectivity index (χ0n) is 13.1. The quantitative estimate of drug-likeness (QED) is 0.917. The molecule has 0 radical (unpaired) electrons. The number of nitrogens with zero attached hydrogens (tertiary/aromatic N) is 2. The molecule has 0 aliphatic heterocycles. The summed E-state index contributed by atoms with van der Waals surface area (Å²) in [7, 11) is 0. The summed E-state index contributed by atoms with van der Waals surface area (Å²) in [5, 5.41) is 4.69. The summed E-state index contributed by atoms with van der Waals surface area (Å²) >= 11 is 0. The van der Waals surface area contributed by atoms with Gasteiger partial charge in [-0.1, -0.05) is 31.2 Å². The molecule has 0 saturated heterocycles. The highest BCUT2D eigenvalue weighted by Gasteiger charge is 2.38. The highest BCUT2D eigenvalue weighted by Crippen LogP contribution is 2.40. The van der Waals surface area contributed by atoms with Gasteiger partial charge in [-0.25, -0.2) is 0 Å². The van der Waals surface area contributed by atoms with Gasteiger partial charge in [-0.2, -0.15) is 5.10 Å². The number of hydrogen-bond acceptors (Lipinski definition) is 2. The number of benzene rings is 1. The molecule has 1 heterocycles. The molecule has 21 heavy (non-hydrogen) atoms. The van der Waals surface area contributed by atoms with Gasteiger partial charge in [0.15, 0.2) is 0 Å². The summed E-state index contributed by atoms with van der Waals surface area (Å²) in [5.41, 5.74) is 11.8. The number of aromatic nitrogens is 2. The van der Waals surface area contributed by atoms with Crippen molar-refractivity contribution in [1.29, 1.82) is 0 Å². The summed E-state index contributed by atoms with van der Waals surface area (Å²) in [6.45, 7) is 5.96. The minimum absolute atomic E-state index is 0.0918. The Labute approximate surface area is 127 Å². The maximum absolute atomic E-state index is 6.23. The molecule has 3 rings (SSSR count). The molecule has 3 nitrogen and oxygen atoms in total. The first-order valence-corrected chi connectivity index (χ1v) is 8.06. The Bertz CT molecular complexity index is 629. The van der Waals surface area contributed by atoms with E-state index in [0.29, 0.717) is 6.54 Å². The zero-order chi connectivity index (χ0) is 14.9. The second kappa shape index (κ2) is 5.64. The highest BCUT2D eigenvalue weighted by molar-refractivity contribution is 5.41. The average Bonchev–Trinajstić information content (AvgIpc) is 3.10. The molecule has 2 N–H and O–H groups in total. The van der Waals surface area contributed by atoms with Crippen LogP contribution in [-0.2, 0) is 31.2 Å². The van der Waals surface area contributed by atoms with Crippen molar-refractivity contribution in [2.45, 2.75) is 51.5 Å². The fraction of sp³-hybridized carbons (Fsp3) is 0.500. The van der Waals surface area contributed by atoms with Gasteiger partial charge in [0, 0.05) is 30.6 Å². The fourth-order valence-electron chi connectivity index (χ4n) is 3.68. The molecule has 1 unspecified atom stereocenters. The molecule has 1 aromatic heterocycles. The first-order valence-electron chi connectivity index (χ1n) is 8.06. The zero-order valence-corrected chi connectivity index (χ0v) is 13.1. The van der Waals surface area contributed by atoms with Crippen molar-refractivity contribution in [1.82, 2.24) is 9.78 Å². The molecule has 0 spiro atoms. The van der Waals surface area contributed by atoms with Crippen molar-refractivity contribution in [3.63, 3.8) is 0 Å². The van der Waals surface area contributed by atoms with E-state index in [9.17, 15) is 0 Å². The Kier molecular flexibility index (Phi) is 3.85. The van der Waals surface area contributed by atoms with E-state index in [2.05, 4.69) is 54.0 Å². The molecule has 1 aromatic carbocycles. The van der Waals surface area contributed by atoms with E-state index in [1.54, 1.807) is 0 Å². The van der Waals surface area contributed by atoms with Crippen molar-refractivity contribution in [3.8, 4) is 0 Å². The van der Waals surface area contributed by atoms with Crippen LogP contribution in [0.2, 0.25) is 0 Å². The molecule has 112 valence electrons. The Morgan fingerprint density at radius 2 is 2.10 bits per heavy atom. The number of nitrogens with two attached hydrogens (primary N) is 1. The van der Waals surface area contributed by atoms with Crippen LogP contribution in [0.1, 0.15) is 42.8 Å². The van der Waals surface area contributed by atoms with E-state index in [1.807, 2.05) is 0 Å². The Balaban J connectivity index is 1.98. The lowest BCUT2D eigenvalue weighted by atomic mass is 9.78. The molecule has 1 atom stereocenters. The monoisotopic (exact) mass is 283 g/mol. The van der Waals surface area contributed by atoms with Gasteiger partial charge < -0.3 is 5.73 Å². The van der Waals surface area contributed by atoms with Gasteiger partial charge in [0.25, 0.3) is 0 Å². The lowest BCUT2D eigenvalue weighted by Crippen LogP contribution is -2.36. The predicted molar refractivity (Wildman–Crippen MR) is 86.5 cm³/mol. The molecule has 1 aliphatic carbocycles. The van der Waals surface area contributed by atoms with Crippen LogP contribution in [0.5, 0.6) is 0 Å². The van der Waals surface area contributed by atoms with E-state index in [-0.39, 0.29) is 5.41 Å². The van der Waals surface area contributed by atoms with Crippen LogP contribution >= 0.6 is 0 Å². The molecular formula is C18H25N3. The lowest BCUT2D eigenvalue weighted by molar-refractivity contribution is 0.414. The van der Waals surface area contributed by atoms with Crippen LogP contribution in [0, 0.1) is 0 Å². The molecule has 0 fully saturated rings. The van der Waals surface area contributed by atoms with Crippen LogP contribution in [0.4, 0.5) is 0 Å². The Hall–Kier alpha value is -1.61. The van der Waals surface area contributed by atoms with Crippen LogP contribution in [0.15, 0.2) is 30.3 Å². The minimum Gasteiger partial charge on any atom is -0.330 e. The maximum atomic E-state index is 6.23. The summed E-state index contributed by atoms with van der Waals surface area (Å²) in [5.74, 6) is 0. The van der Waals surface area contributed by atoms with Crippen LogP contribution < -0.4 is 5.73 Å². The SMILES string of the molecule is CCc1cc(CC2(CN)CCc3ccccc32)n(CC)n1. The standard InChI is InChI=1S/C18H25N3/c1-3-15-11-16(21(4-2)20-15)12-18(13-19)10-9-14-7-5-6-8-17(14)18/h5-8,11H,3-4,9-10,12-13,19H2,1-2H3. The van der Waals surface area contributed by atoms with Crippen LogP contribution in [0.25, 0.3) is 0 Å². The second-order valence-electron chi connectivity index (χ2n) is 6.11. The third-order valence-electron chi connectivity index (χ3n) is 4.95. The van der Waals surface area contributed by atoms with Gasteiger partial charge in [0.05, 0.1) is 5.69 Å². The highest BCUT2D eigenvalue weighted by atomic mass is 15.3. The van der Waals surface area contributed by atoms with Crippen molar-refractivity contribution in [2.24, 2.45) is 5.73 Å².